The normalized spacial score (nSPS) is 16.8. The Bertz CT molecular complexity index is 692. The van der Waals surface area contributed by atoms with Gasteiger partial charge in [0.25, 0.3) is 0 Å². The van der Waals surface area contributed by atoms with Crippen LogP contribution < -0.4 is 0 Å². The van der Waals surface area contributed by atoms with Gasteiger partial charge in [-0.2, -0.15) is 0 Å². The van der Waals surface area contributed by atoms with Crippen LogP contribution in [0.4, 0.5) is 0 Å². The van der Waals surface area contributed by atoms with Crippen molar-refractivity contribution < 1.29 is 9.21 Å². The minimum absolute atomic E-state index is 0.186. The number of furan rings is 1. The molecule has 1 saturated carbocycles. The van der Waals surface area contributed by atoms with Crippen molar-refractivity contribution in [3.05, 3.63) is 18.4 Å². The molecular formula is C18H26N4O2S. The van der Waals surface area contributed by atoms with E-state index < -0.39 is 0 Å². The number of nitrogens with zero attached hydrogens (tertiary/aromatic N) is 4. The Balaban J connectivity index is 1.68. The number of amides is 1. The lowest BCUT2D eigenvalue weighted by Crippen LogP contribution is -2.44. The molecular weight excluding hydrogens is 336 g/mol. The fourth-order valence-electron chi connectivity index (χ4n) is 3.47. The van der Waals surface area contributed by atoms with E-state index in [1.807, 2.05) is 30.7 Å². The van der Waals surface area contributed by atoms with Crippen molar-refractivity contribution in [3.63, 3.8) is 0 Å². The summed E-state index contributed by atoms with van der Waals surface area (Å²) in [6.07, 6.45) is 7.62. The zero-order valence-corrected chi connectivity index (χ0v) is 16.0. The Hall–Kier alpha value is -1.76. The number of carbonyl (C=O) groups is 1. The van der Waals surface area contributed by atoms with E-state index in [1.165, 1.54) is 31.0 Å². The number of thioether (sulfide) groups is 1. The van der Waals surface area contributed by atoms with Gasteiger partial charge in [-0.05, 0) is 38.8 Å². The second-order valence-electron chi connectivity index (χ2n) is 6.52. The van der Waals surface area contributed by atoms with Crippen LogP contribution >= 0.6 is 11.8 Å². The number of aromatic nitrogens is 3. The molecule has 1 aliphatic rings. The van der Waals surface area contributed by atoms with Crippen LogP contribution in [-0.2, 0) is 11.8 Å². The third-order valence-corrected chi connectivity index (χ3v) is 5.97. The molecule has 2 aromatic rings. The lowest BCUT2D eigenvalue weighted by molar-refractivity contribution is -0.133. The quantitative estimate of drug-likeness (QED) is 0.733. The van der Waals surface area contributed by atoms with Crippen molar-refractivity contribution in [1.82, 2.24) is 19.7 Å². The minimum atomic E-state index is -0.186. The van der Waals surface area contributed by atoms with Crippen molar-refractivity contribution in [3.8, 4) is 11.6 Å². The summed E-state index contributed by atoms with van der Waals surface area (Å²) in [5, 5.41) is 8.98. The Morgan fingerprint density at radius 3 is 2.80 bits per heavy atom. The Labute approximate surface area is 153 Å². The Morgan fingerprint density at radius 1 is 1.40 bits per heavy atom. The highest BCUT2D eigenvalue weighted by molar-refractivity contribution is 8.00. The molecule has 1 aliphatic carbocycles. The van der Waals surface area contributed by atoms with Crippen LogP contribution in [-0.4, -0.2) is 43.4 Å². The van der Waals surface area contributed by atoms with E-state index in [0.717, 1.165) is 24.5 Å². The molecule has 136 valence electrons. The molecule has 3 rings (SSSR count). The van der Waals surface area contributed by atoms with Gasteiger partial charge in [-0.15, -0.1) is 10.2 Å². The molecule has 1 atom stereocenters. The zero-order valence-electron chi connectivity index (χ0n) is 15.1. The molecule has 0 saturated heterocycles. The predicted octanol–water partition coefficient (Wildman–Crippen LogP) is 3.74. The smallest absolute Gasteiger partial charge is 0.236 e. The summed E-state index contributed by atoms with van der Waals surface area (Å²) in [6.45, 7) is 4.80. The van der Waals surface area contributed by atoms with E-state index in [1.54, 1.807) is 6.26 Å². The first kappa shape index (κ1) is 18.0. The first-order valence-electron chi connectivity index (χ1n) is 9.02. The maximum Gasteiger partial charge on any atom is 0.236 e. The first-order chi connectivity index (χ1) is 12.1. The molecule has 2 aromatic heterocycles. The maximum atomic E-state index is 13.0. The number of hydrogen-bond acceptors (Lipinski definition) is 5. The van der Waals surface area contributed by atoms with E-state index in [4.69, 9.17) is 4.42 Å². The van der Waals surface area contributed by atoms with Gasteiger partial charge in [0.05, 0.1) is 11.5 Å². The molecule has 0 spiro atoms. The van der Waals surface area contributed by atoms with Crippen LogP contribution in [0.2, 0.25) is 0 Å². The van der Waals surface area contributed by atoms with Gasteiger partial charge >= 0.3 is 0 Å². The minimum Gasteiger partial charge on any atom is -0.461 e. The Kier molecular flexibility index (Phi) is 5.83. The molecule has 0 radical (unpaired) electrons. The molecule has 25 heavy (non-hydrogen) atoms. The van der Waals surface area contributed by atoms with Gasteiger partial charge in [-0.25, -0.2) is 0 Å². The highest BCUT2D eigenvalue weighted by Gasteiger charge is 2.29. The van der Waals surface area contributed by atoms with Crippen LogP contribution in [0.1, 0.15) is 46.0 Å². The van der Waals surface area contributed by atoms with Gasteiger partial charge in [0.15, 0.2) is 16.7 Å². The highest BCUT2D eigenvalue weighted by atomic mass is 32.2. The van der Waals surface area contributed by atoms with Crippen LogP contribution in [0.3, 0.4) is 0 Å². The lowest BCUT2D eigenvalue weighted by atomic mass is 9.94. The molecule has 0 aliphatic heterocycles. The summed E-state index contributed by atoms with van der Waals surface area (Å²) >= 11 is 1.46. The van der Waals surface area contributed by atoms with Gasteiger partial charge in [0.2, 0.25) is 5.91 Å². The van der Waals surface area contributed by atoms with E-state index in [-0.39, 0.29) is 11.2 Å². The zero-order chi connectivity index (χ0) is 17.8. The highest BCUT2D eigenvalue weighted by Crippen LogP contribution is 2.29. The van der Waals surface area contributed by atoms with Crippen molar-refractivity contribution in [1.29, 1.82) is 0 Å². The topological polar surface area (TPSA) is 64.2 Å². The Morgan fingerprint density at radius 2 is 2.16 bits per heavy atom. The van der Waals surface area contributed by atoms with Gasteiger partial charge < -0.3 is 13.9 Å². The van der Waals surface area contributed by atoms with Gasteiger partial charge in [0, 0.05) is 19.6 Å². The molecule has 7 heteroatoms. The second kappa shape index (κ2) is 8.08. The summed E-state index contributed by atoms with van der Waals surface area (Å²) in [5.74, 6) is 1.55. The maximum absolute atomic E-state index is 13.0. The molecule has 0 unspecified atom stereocenters. The fourth-order valence-corrected chi connectivity index (χ4v) is 4.35. The van der Waals surface area contributed by atoms with Crippen LogP contribution in [0.25, 0.3) is 11.6 Å². The van der Waals surface area contributed by atoms with Crippen LogP contribution in [0.15, 0.2) is 28.0 Å². The van der Waals surface area contributed by atoms with Crippen LogP contribution in [0, 0.1) is 0 Å². The molecule has 2 heterocycles. The molecule has 0 N–H and O–H groups in total. The third kappa shape index (κ3) is 3.92. The summed E-state index contributed by atoms with van der Waals surface area (Å²) in [4.78, 5) is 15.0. The largest absolute Gasteiger partial charge is 0.461 e. The first-order valence-corrected chi connectivity index (χ1v) is 9.90. The summed E-state index contributed by atoms with van der Waals surface area (Å²) in [6, 6.07) is 4.08. The van der Waals surface area contributed by atoms with Gasteiger partial charge in [0.1, 0.15) is 0 Å². The molecule has 0 aromatic carbocycles. The molecule has 1 amide bonds. The van der Waals surface area contributed by atoms with E-state index in [2.05, 4.69) is 22.0 Å². The average molecular weight is 362 g/mol. The van der Waals surface area contributed by atoms with E-state index in [9.17, 15) is 4.79 Å². The van der Waals surface area contributed by atoms with Crippen molar-refractivity contribution >= 4 is 17.7 Å². The van der Waals surface area contributed by atoms with Crippen LogP contribution in [0.5, 0.6) is 0 Å². The van der Waals surface area contributed by atoms with Crippen molar-refractivity contribution in [2.75, 3.05) is 6.54 Å². The average Bonchev–Trinajstić information content (AvgIpc) is 3.27. The SMILES string of the molecule is CCN(C(=O)[C@H](C)Sc1nnc(-c2ccco2)n1C)C1CCCCC1. The third-order valence-electron chi connectivity index (χ3n) is 4.85. The van der Waals surface area contributed by atoms with Gasteiger partial charge in [-0.3, -0.25) is 4.79 Å². The monoisotopic (exact) mass is 362 g/mol. The van der Waals surface area contributed by atoms with E-state index in [0.29, 0.717) is 17.6 Å². The lowest BCUT2D eigenvalue weighted by Gasteiger charge is -2.35. The number of carbonyl (C=O) groups excluding carboxylic acids is 1. The van der Waals surface area contributed by atoms with Crippen molar-refractivity contribution in [2.45, 2.75) is 62.4 Å². The fraction of sp³-hybridized carbons (Fsp3) is 0.611. The summed E-state index contributed by atoms with van der Waals surface area (Å²) in [5.41, 5.74) is 0. The predicted molar refractivity (Wildman–Crippen MR) is 98.3 cm³/mol. The van der Waals surface area contributed by atoms with E-state index >= 15 is 0 Å². The van der Waals surface area contributed by atoms with Crippen molar-refractivity contribution in [2.24, 2.45) is 7.05 Å². The molecule has 1 fully saturated rings. The second-order valence-corrected chi connectivity index (χ2v) is 7.83. The summed E-state index contributed by atoms with van der Waals surface area (Å²) in [7, 11) is 1.90. The standard InChI is InChI=1S/C18H26N4O2S/c1-4-22(14-9-6-5-7-10-14)17(23)13(2)25-18-20-19-16(21(18)3)15-11-8-12-24-15/h8,11-14H,4-7,9-10H2,1-3H3/t13-/m0/s1. The summed E-state index contributed by atoms with van der Waals surface area (Å²) < 4.78 is 7.27. The molecule has 6 nitrogen and oxygen atoms in total. The number of hydrogen-bond donors (Lipinski definition) is 0. The molecule has 0 bridgehead atoms. The van der Waals surface area contributed by atoms with Gasteiger partial charge in [-0.1, -0.05) is 31.0 Å². The number of rotatable bonds is 6.